The van der Waals surface area contributed by atoms with Crippen LogP contribution in [0, 0.1) is 29.1 Å². The standard InChI is InChI=1S/C12H17F3O/c13-12(14,15)11(6-16)9-2-7-1-8(4-9)5-10(11)3-7/h7-10,16H,1-6H2. The fourth-order valence-electron chi connectivity index (χ4n) is 4.84. The van der Waals surface area contributed by atoms with E-state index in [1.165, 1.54) is 0 Å². The molecule has 0 spiro atoms. The molecule has 4 aliphatic rings. The zero-order chi connectivity index (χ0) is 11.6. The summed E-state index contributed by atoms with van der Waals surface area (Å²) in [5.74, 6) is 0.386. The van der Waals surface area contributed by atoms with Gasteiger partial charge < -0.3 is 5.11 Å². The van der Waals surface area contributed by atoms with Crippen LogP contribution in [0.4, 0.5) is 13.2 Å². The van der Waals surface area contributed by atoms with Crippen molar-refractivity contribution in [3.63, 3.8) is 0 Å². The molecule has 4 saturated carbocycles. The number of hydrogen-bond acceptors (Lipinski definition) is 1. The predicted octanol–water partition coefficient (Wildman–Crippen LogP) is 2.98. The highest BCUT2D eigenvalue weighted by Gasteiger charge is 2.68. The minimum atomic E-state index is -4.23. The van der Waals surface area contributed by atoms with E-state index in [0.29, 0.717) is 37.5 Å². The van der Waals surface area contributed by atoms with Gasteiger partial charge >= 0.3 is 6.18 Å². The van der Waals surface area contributed by atoms with Gasteiger partial charge in [-0.2, -0.15) is 13.2 Å². The fourth-order valence-corrected chi connectivity index (χ4v) is 4.84. The molecule has 4 bridgehead atoms. The van der Waals surface area contributed by atoms with Gasteiger partial charge in [-0.3, -0.25) is 0 Å². The predicted molar refractivity (Wildman–Crippen MR) is 52.6 cm³/mol. The Bertz CT molecular complexity index is 269. The van der Waals surface area contributed by atoms with Crippen molar-refractivity contribution < 1.29 is 18.3 Å². The molecule has 4 aliphatic carbocycles. The van der Waals surface area contributed by atoms with Gasteiger partial charge in [-0.25, -0.2) is 0 Å². The topological polar surface area (TPSA) is 20.2 Å². The van der Waals surface area contributed by atoms with E-state index in [9.17, 15) is 18.3 Å². The summed E-state index contributed by atoms with van der Waals surface area (Å²) in [6, 6.07) is 0. The molecule has 0 aromatic heterocycles. The van der Waals surface area contributed by atoms with Gasteiger partial charge in [-0.05, 0) is 55.8 Å². The first-order valence-corrected chi connectivity index (χ1v) is 6.15. The van der Waals surface area contributed by atoms with Crippen LogP contribution in [-0.4, -0.2) is 17.9 Å². The molecular weight excluding hydrogens is 217 g/mol. The van der Waals surface area contributed by atoms with Gasteiger partial charge in [-0.1, -0.05) is 0 Å². The summed E-state index contributed by atoms with van der Waals surface area (Å²) in [5, 5.41) is 9.36. The van der Waals surface area contributed by atoms with Crippen LogP contribution in [0.1, 0.15) is 32.1 Å². The molecule has 0 unspecified atom stereocenters. The summed E-state index contributed by atoms with van der Waals surface area (Å²) in [5.41, 5.74) is -1.76. The van der Waals surface area contributed by atoms with Crippen molar-refractivity contribution in [1.29, 1.82) is 0 Å². The van der Waals surface area contributed by atoms with Crippen LogP contribution in [0.3, 0.4) is 0 Å². The number of aliphatic hydroxyl groups excluding tert-OH is 1. The van der Waals surface area contributed by atoms with Crippen LogP contribution < -0.4 is 0 Å². The normalized spacial score (nSPS) is 51.0. The summed E-state index contributed by atoms with van der Waals surface area (Å²) in [4.78, 5) is 0. The van der Waals surface area contributed by atoms with Gasteiger partial charge in [0.15, 0.2) is 0 Å². The van der Waals surface area contributed by atoms with Crippen LogP contribution >= 0.6 is 0 Å². The minimum absolute atomic E-state index is 0.311. The van der Waals surface area contributed by atoms with Crippen LogP contribution in [0.15, 0.2) is 0 Å². The van der Waals surface area contributed by atoms with Crippen LogP contribution in [0.25, 0.3) is 0 Å². The second-order valence-electron chi connectivity index (χ2n) is 6.00. The largest absolute Gasteiger partial charge is 0.397 e. The van der Waals surface area contributed by atoms with E-state index in [0.717, 1.165) is 6.42 Å². The quantitative estimate of drug-likeness (QED) is 0.739. The van der Waals surface area contributed by atoms with Crippen molar-refractivity contribution in [1.82, 2.24) is 0 Å². The summed E-state index contributed by atoms with van der Waals surface area (Å²) < 4.78 is 39.9. The van der Waals surface area contributed by atoms with Gasteiger partial charge in [0.1, 0.15) is 0 Å². The highest BCUT2D eigenvalue weighted by atomic mass is 19.4. The van der Waals surface area contributed by atoms with Crippen LogP contribution in [0.2, 0.25) is 0 Å². The van der Waals surface area contributed by atoms with Crippen molar-refractivity contribution in [3.05, 3.63) is 0 Å². The van der Waals surface area contributed by atoms with Crippen molar-refractivity contribution in [2.24, 2.45) is 29.1 Å². The summed E-state index contributed by atoms with van der Waals surface area (Å²) in [7, 11) is 0. The van der Waals surface area contributed by atoms with Crippen molar-refractivity contribution in [2.75, 3.05) is 6.61 Å². The number of halogens is 3. The maximum atomic E-state index is 13.3. The van der Waals surface area contributed by atoms with Crippen LogP contribution in [-0.2, 0) is 0 Å². The molecule has 0 aromatic carbocycles. The molecule has 1 nitrogen and oxygen atoms in total. The number of rotatable bonds is 1. The van der Waals surface area contributed by atoms with Crippen molar-refractivity contribution in [3.8, 4) is 0 Å². The third-order valence-electron chi connectivity index (χ3n) is 5.38. The monoisotopic (exact) mass is 234 g/mol. The zero-order valence-electron chi connectivity index (χ0n) is 9.13. The molecule has 0 saturated heterocycles. The second kappa shape index (κ2) is 3.15. The Hall–Kier alpha value is -0.250. The molecule has 0 radical (unpaired) electrons. The molecule has 0 heterocycles. The Morgan fingerprint density at radius 2 is 1.38 bits per heavy atom. The van der Waals surface area contributed by atoms with Gasteiger partial charge in [0.2, 0.25) is 0 Å². The third-order valence-corrected chi connectivity index (χ3v) is 5.38. The molecule has 0 atom stereocenters. The maximum absolute atomic E-state index is 13.3. The molecule has 0 aliphatic heterocycles. The Morgan fingerprint density at radius 1 is 0.938 bits per heavy atom. The molecule has 0 aromatic rings. The summed E-state index contributed by atoms with van der Waals surface area (Å²) in [6.07, 6.45) is -0.350. The summed E-state index contributed by atoms with van der Waals surface area (Å²) >= 11 is 0. The van der Waals surface area contributed by atoms with Gasteiger partial charge in [0.25, 0.3) is 0 Å². The van der Waals surface area contributed by atoms with Crippen molar-refractivity contribution in [2.45, 2.75) is 38.3 Å². The van der Waals surface area contributed by atoms with E-state index in [2.05, 4.69) is 0 Å². The minimum Gasteiger partial charge on any atom is -0.395 e. The Balaban J connectivity index is 2.00. The van der Waals surface area contributed by atoms with Gasteiger partial charge in [0, 0.05) is 0 Å². The van der Waals surface area contributed by atoms with E-state index in [1.807, 2.05) is 0 Å². The molecule has 1 N–H and O–H groups in total. The molecule has 4 fully saturated rings. The fraction of sp³-hybridized carbons (Fsp3) is 1.00. The molecule has 92 valence electrons. The highest BCUT2D eigenvalue weighted by molar-refractivity contribution is 5.08. The average molecular weight is 234 g/mol. The molecule has 0 amide bonds. The molecule has 4 rings (SSSR count). The number of alkyl halides is 3. The average Bonchev–Trinajstić information content (AvgIpc) is 2.14. The SMILES string of the molecule is OCC1(C(F)(F)F)C2CC3CC(C2)CC1C3. The summed E-state index contributed by atoms with van der Waals surface area (Å²) in [6.45, 7) is -0.703. The van der Waals surface area contributed by atoms with Gasteiger partial charge in [-0.15, -0.1) is 0 Å². The lowest BCUT2D eigenvalue weighted by Gasteiger charge is -2.60. The van der Waals surface area contributed by atoms with E-state index < -0.39 is 18.2 Å². The van der Waals surface area contributed by atoms with E-state index in [-0.39, 0.29) is 11.8 Å². The smallest absolute Gasteiger partial charge is 0.395 e. The van der Waals surface area contributed by atoms with E-state index in [4.69, 9.17) is 0 Å². The lowest BCUT2D eigenvalue weighted by atomic mass is 9.45. The Morgan fingerprint density at radius 3 is 1.69 bits per heavy atom. The van der Waals surface area contributed by atoms with Crippen molar-refractivity contribution >= 4 is 0 Å². The van der Waals surface area contributed by atoms with E-state index in [1.54, 1.807) is 0 Å². The molecular formula is C12H17F3O. The van der Waals surface area contributed by atoms with Gasteiger partial charge in [0.05, 0.1) is 12.0 Å². The first kappa shape index (κ1) is 10.9. The third kappa shape index (κ3) is 1.17. The van der Waals surface area contributed by atoms with Crippen LogP contribution in [0.5, 0.6) is 0 Å². The Kier molecular flexibility index (Phi) is 2.14. The second-order valence-corrected chi connectivity index (χ2v) is 6.00. The lowest BCUT2D eigenvalue weighted by Crippen LogP contribution is -2.61. The number of hydrogen-bond donors (Lipinski definition) is 1. The number of aliphatic hydroxyl groups is 1. The zero-order valence-corrected chi connectivity index (χ0v) is 9.13. The maximum Gasteiger partial charge on any atom is 0.397 e. The molecule has 4 heteroatoms. The molecule has 16 heavy (non-hydrogen) atoms. The lowest BCUT2D eigenvalue weighted by molar-refractivity contribution is -0.310. The first-order valence-electron chi connectivity index (χ1n) is 6.15. The first-order chi connectivity index (χ1) is 7.47. The highest BCUT2D eigenvalue weighted by Crippen LogP contribution is 2.66. The Labute approximate surface area is 93.0 Å². The van der Waals surface area contributed by atoms with E-state index >= 15 is 0 Å².